The normalized spacial score (nSPS) is 13.7. The first-order chi connectivity index (χ1) is 26.3. The first kappa shape index (κ1) is 36.1. The Hall–Kier alpha value is -5.94. The van der Waals surface area contributed by atoms with Gasteiger partial charge in [-0.2, -0.15) is 0 Å². The Bertz CT molecular complexity index is 2360. The topological polar surface area (TPSA) is 54.8 Å². The second-order valence-corrected chi connectivity index (χ2v) is 17.0. The number of benzene rings is 3. The van der Waals surface area contributed by atoms with Gasteiger partial charge < -0.3 is 4.90 Å². The maximum Gasteiger partial charge on any atom is 0.109 e. The maximum absolute atomic E-state index is 5.58. The Kier molecular flexibility index (Phi) is 8.80. The number of para-hydroxylation sites is 2. The molecule has 5 nitrogen and oxygen atoms in total. The molecule has 1 aliphatic rings. The summed E-state index contributed by atoms with van der Waals surface area (Å²) in [6, 6.07) is 43.5. The molecule has 5 heteroatoms. The fourth-order valence-electron chi connectivity index (χ4n) is 8.28. The minimum Gasteiger partial charge on any atom is -0.309 e. The summed E-state index contributed by atoms with van der Waals surface area (Å²) in [5.74, 6) is 0. The summed E-state index contributed by atoms with van der Waals surface area (Å²) in [4.78, 5) is 23.4. The van der Waals surface area contributed by atoms with E-state index in [-0.39, 0.29) is 10.8 Å². The van der Waals surface area contributed by atoms with Gasteiger partial charge in [-0.15, -0.1) is 0 Å². The number of nitrogens with zero attached hydrogens (tertiary/aromatic N) is 5. The molecule has 8 rings (SSSR count). The van der Waals surface area contributed by atoms with Crippen LogP contribution in [0.4, 0.5) is 17.1 Å². The Labute approximate surface area is 326 Å². The summed E-state index contributed by atoms with van der Waals surface area (Å²) in [5.41, 5.74) is 15.9. The number of hydrogen-bond acceptors (Lipinski definition) is 5. The molecule has 1 aliphatic heterocycles. The number of pyridine rings is 4. The molecule has 0 saturated carbocycles. The first-order valence-electron chi connectivity index (χ1n) is 19.2. The van der Waals surface area contributed by atoms with Gasteiger partial charge in [-0.25, -0.2) is 0 Å². The quantitative estimate of drug-likeness (QED) is 0.177. The predicted octanol–water partition coefficient (Wildman–Crippen LogP) is 12.3. The number of aromatic nitrogens is 4. The molecule has 0 bridgehead atoms. The zero-order valence-corrected chi connectivity index (χ0v) is 33.4. The average Bonchev–Trinajstić information content (AvgIpc) is 3.17. The van der Waals surface area contributed by atoms with Crippen molar-refractivity contribution < 1.29 is 0 Å². The molecule has 4 aromatic heterocycles. The molecule has 274 valence electrons. The van der Waals surface area contributed by atoms with Gasteiger partial charge in [-0.1, -0.05) is 108 Å². The van der Waals surface area contributed by atoms with Crippen LogP contribution < -0.4 is 4.90 Å². The van der Waals surface area contributed by atoms with Crippen molar-refractivity contribution in [1.29, 1.82) is 0 Å². The van der Waals surface area contributed by atoms with E-state index in [4.69, 9.17) is 19.9 Å². The molecule has 0 atom stereocenters. The molecule has 0 saturated heterocycles. The van der Waals surface area contributed by atoms with E-state index in [0.29, 0.717) is 0 Å². The van der Waals surface area contributed by atoms with Crippen LogP contribution in [0.25, 0.3) is 22.5 Å². The van der Waals surface area contributed by atoms with Gasteiger partial charge >= 0.3 is 0 Å². The van der Waals surface area contributed by atoms with Crippen molar-refractivity contribution in [2.75, 3.05) is 4.90 Å². The monoisotopic (exact) mass is 719 g/mol. The van der Waals surface area contributed by atoms with Gasteiger partial charge in [0.1, 0.15) is 5.41 Å². The lowest BCUT2D eigenvalue weighted by molar-refractivity contribution is 0.569. The second kappa shape index (κ2) is 13.4. The van der Waals surface area contributed by atoms with E-state index in [1.54, 1.807) is 0 Å². The van der Waals surface area contributed by atoms with Gasteiger partial charge in [0.25, 0.3) is 0 Å². The minimum absolute atomic E-state index is 0.0489. The lowest BCUT2D eigenvalue weighted by Crippen LogP contribution is -2.39. The van der Waals surface area contributed by atoms with Crippen molar-refractivity contribution in [3.05, 3.63) is 184 Å². The summed E-state index contributed by atoms with van der Waals surface area (Å²) >= 11 is 0. The fourth-order valence-corrected chi connectivity index (χ4v) is 8.28. The van der Waals surface area contributed by atoms with Crippen LogP contribution in [-0.2, 0) is 16.2 Å². The first-order valence-corrected chi connectivity index (χ1v) is 19.2. The molecule has 55 heavy (non-hydrogen) atoms. The molecule has 0 aliphatic carbocycles. The third kappa shape index (κ3) is 6.22. The van der Waals surface area contributed by atoms with E-state index >= 15 is 0 Å². The molecule has 5 heterocycles. The standard InChI is InChI=1S/C50H49N5/c1-32-28-33(2)47(34(3)29-32)55-41-20-12-10-16-37(41)50(38-17-11-13-21-42(38)55,45-22-14-18-39(53-45)35-24-26-43(51-30-35)48(4,5)6)46-23-15-19-40(54-46)36-25-27-44(52-31-36)49(7,8)9/h10-31H,1-9H3. The predicted molar refractivity (Wildman–Crippen MR) is 227 cm³/mol. The Morgan fingerprint density at radius 1 is 0.491 bits per heavy atom. The van der Waals surface area contributed by atoms with Crippen molar-refractivity contribution in [1.82, 2.24) is 19.9 Å². The molecular weight excluding hydrogens is 671 g/mol. The minimum atomic E-state index is -0.875. The summed E-state index contributed by atoms with van der Waals surface area (Å²) in [6.07, 6.45) is 3.92. The van der Waals surface area contributed by atoms with Crippen molar-refractivity contribution in [3.63, 3.8) is 0 Å². The summed E-state index contributed by atoms with van der Waals surface area (Å²) < 4.78 is 0. The largest absolute Gasteiger partial charge is 0.309 e. The van der Waals surface area contributed by atoms with Gasteiger partial charge in [0.15, 0.2) is 0 Å². The molecular formula is C50H49N5. The van der Waals surface area contributed by atoms with Crippen molar-refractivity contribution in [2.24, 2.45) is 0 Å². The van der Waals surface area contributed by atoms with Gasteiger partial charge in [-0.3, -0.25) is 19.9 Å². The van der Waals surface area contributed by atoms with Gasteiger partial charge in [0.2, 0.25) is 0 Å². The van der Waals surface area contributed by atoms with E-state index in [9.17, 15) is 0 Å². The van der Waals surface area contributed by atoms with Crippen molar-refractivity contribution in [2.45, 2.75) is 78.6 Å². The van der Waals surface area contributed by atoms with Crippen LogP contribution in [0, 0.1) is 20.8 Å². The SMILES string of the molecule is Cc1cc(C)c(N2c3ccccc3C(c3cccc(-c4ccc(C(C)(C)C)nc4)n3)(c3cccc(-c4ccc(C(C)(C)C)nc4)n3)c3ccccc32)c(C)c1. The molecule has 0 amide bonds. The molecule has 0 radical (unpaired) electrons. The smallest absolute Gasteiger partial charge is 0.109 e. The lowest BCUT2D eigenvalue weighted by Gasteiger charge is -2.45. The lowest BCUT2D eigenvalue weighted by atomic mass is 9.65. The Morgan fingerprint density at radius 2 is 0.927 bits per heavy atom. The summed E-state index contributed by atoms with van der Waals surface area (Å²) in [7, 11) is 0. The van der Waals surface area contributed by atoms with Crippen LogP contribution in [0.2, 0.25) is 0 Å². The highest BCUT2D eigenvalue weighted by Crippen LogP contribution is 2.58. The zero-order chi connectivity index (χ0) is 38.7. The van der Waals surface area contributed by atoms with Crippen LogP contribution in [0.1, 0.15) is 92.1 Å². The van der Waals surface area contributed by atoms with Crippen LogP contribution in [-0.4, -0.2) is 19.9 Å². The van der Waals surface area contributed by atoms with E-state index < -0.39 is 5.41 Å². The fraction of sp³-hybridized carbons (Fsp3) is 0.240. The number of aryl methyl sites for hydroxylation is 3. The zero-order valence-electron chi connectivity index (χ0n) is 33.4. The maximum atomic E-state index is 5.58. The van der Waals surface area contributed by atoms with Crippen LogP contribution in [0.5, 0.6) is 0 Å². The molecule has 0 unspecified atom stereocenters. The third-order valence-corrected chi connectivity index (χ3v) is 10.9. The van der Waals surface area contributed by atoms with E-state index in [0.717, 1.165) is 67.8 Å². The Balaban J connectivity index is 1.42. The molecule has 0 fully saturated rings. The molecule has 0 spiro atoms. The second-order valence-electron chi connectivity index (χ2n) is 17.0. The molecule has 3 aromatic carbocycles. The van der Waals surface area contributed by atoms with Crippen molar-refractivity contribution in [3.8, 4) is 22.5 Å². The Morgan fingerprint density at radius 3 is 1.33 bits per heavy atom. The number of fused-ring (bicyclic) bond motifs is 2. The summed E-state index contributed by atoms with van der Waals surface area (Å²) in [5, 5.41) is 0. The highest BCUT2D eigenvalue weighted by molar-refractivity contribution is 5.91. The van der Waals surface area contributed by atoms with Crippen molar-refractivity contribution >= 4 is 17.1 Å². The number of rotatable bonds is 5. The van der Waals surface area contributed by atoms with Crippen LogP contribution in [0.15, 0.2) is 134 Å². The van der Waals surface area contributed by atoms with Gasteiger partial charge in [0.05, 0.1) is 39.8 Å². The van der Waals surface area contributed by atoms with Gasteiger partial charge in [-0.05, 0) is 104 Å². The molecule has 0 N–H and O–H groups in total. The van der Waals surface area contributed by atoms with E-state index in [1.807, 2.05) is 12.4 Å². The molecule has 7 aromatic rings. The number of anilines is 3. The number of hydrogen-bond donors (Lipinski definition) is 0. The van der Waals surface area contributed by atoms with Crippen LogP contribution in [0.3, 0.4) is 0 Å². The van der Waals surface area contributed by atoms with Gasteiger partial charge in [0, 0.05) is 45.7 Å². The van der Waals surface area contributed by atoms with Crippen LogP contribution >= 0.6 is 0 Å². The highest BCUT2D eigenvalue weighted by atomic mass is 15.2. The highest BCUT2D eigenvalue weighted by Gasteiger charge is 2.49. The van der Waals surface area contributed by atoms with E-state index in [1.165, 1.54) is 22.4 Å². The third-order valence-electron chi connectivity index (χ3n) is 10.9. The van der Waals surface area contributed by atoms with E-state index in [2.05, 4.69) is 189 Å². The average molecular weight is 720 g/mol. The summed E-state index contributed by atoms with van der Waals surface area (Å²) in [6.45, 7) is 19.7.